The summed E-state index contributed by atoms with van der Waals surface area (Å²) >= 11 is 5.69. The molecule has 0 saturated heterocycles. The second kappa shape index (κ2) is 4.19. The van der Waals surface area contributed by atoms with Gasteiger partial charge in [-0.1, -0.05) is 11.6 Å². The van der Waals surface area contributed by atoms with Crippen LogP contribution in [0.3, 0.4) is 0 Å². The number of carboxylic acids is 1. The topological polar surface area (TPSA) is 67.3 Å². The molecule has 0 aliphatic heterocycles. The SMILES string of the molecule is CC(=O)c1cc(Cl)cc(CC(=O)O)n1. The number of hydrogen-bond donors (Lipinski definition) is 1. The number of ketones is 1. The summed E-state index contributed by atoms with van der Waals surface area (Å²) in [5.41, 5.74) is 0.476. The number of carbonyl (C=O) groups excluding carboxylic acids is 1. The number of Topliss-reactive ketones (excluding diaryl/α,β-unsaturated/α-hetero) is 1. The predicted octanol–water partition coefficient (Wildman–Crippen LogP) is 1.56. The van der Waals surface area contributed by atoms with Crippen molar-refractivity contribution in [3.05, 3.63) is 28.5 Å². The van der Waals surface area contributed by atoms with Crippen molar-refractivity contribution in [3.63, 3.8) is 0 Å². The summed E-state index contributed by atoms with van der Waals surface area (Å²) in [5.74, 6) is -1.24. The van der Waals surface area contributed by atoms with Crippen LogP contribution in [-0.2, 0) is 11.2 Å². The van der Waals surface area contributed by atoms with Gasteiger partial charge in [0.2, 0.25) is 0 Å². The molecule has 5 heteroatoms. The monoisotopic (exact) mass is 213 g/mol. The number of aromatic nitrogens is 1. The Morgan fingerprint density at radius 1 is 1.50 bits per heavy atom. The molecule has 1 aromatic heterocycles. The highest BCUT2D eigenvalue weighted by Crippen LogP contribution is 2.12. The fraction of sp³-hybridized carbons (Fsp3) is 0.222. The van der Waals surface area contributed by atoms with Gasteiger partial charge in [-0.3, -0.25) is 9.59 Å². The molecule has 1 N–H and O–H groups in total. The Bertz CT molecular complexity index is 390. The fourth-order valence-corrected chi connectivity index (χ4v) is 1.21. The molecule has 0 amide bonds. The summed E-state index contributed by atoms with van der Waals surface area (Å²) in [6, 6.07) is 2.84. The maximum atomic E-state index is 11.0. The summed E-state index contributed by atoms with van der Waals surface area (Å²) < 4.78 is 0. The van der Waals surface area contributed by atoms with Crippen LogP contribution in [-0.4, -0.2) is 21.8 Å². The average Bonchev–Trinajstić information content (AvgIpc) is 2.01. The summed E-state index contributed by atoms with van der Waals surface area (Å²) in [4.78, 5) is 25.2. The van der Waals surface area contributed by atoms with Crippen molar-refractivity contribution < 1.29 is 14.7 Å². The molecule has 0 saturated carbocycles. The van der Waals surface area contributed by atoms with E-state index in [4.69, 9.17) is 16.7 Å². The number of hydrogen-bond acceptors (Lipinski definition) is 3. The van der Waals surface area contributed by atoms with Gasteiger partial charge in [0, 0.05) is 11.9 Å². The highest BCUT2D eigenvalue weighted by Gasteiger charge is 2.08. The third kappa shape index (κ3) is 2.81. The van der Waals surface area contributed by atoms with Crippen molar-refractivity contribution in [3.8, 4) is 0 Å². The van der Waals surface area contributed by atoms with Gasteiger partial charge < -0.3 is 5.11 Å². The number of pyridine rings is 1. The number of rotatable bonds is 3. The molecule has 0 unspecified atom stereocenters. The maximum absolute atomic E-state index is 11.0. The van der Waals surface area contributed by atoms with Gasteiger partial charge in [-0.25, -0.2) is 4.98 Å². The Morgan fingerprint density at radius 2 is 2.14 bits per heavy atom. The second-order valence-corrected chi connectivity index (χ2v) is 3.23. The van der Waals surface area contributed by atoms with Gasteiger partial charge in [0.05, 0.1) is 12.1 Å². The molecule has 1 aromatic rings. The molecule has 0 fully saturated rings. The molecule has 0 bridgehead atoms. The van der Waals surface area contributed by atoms with Crippen LogP contribution < -0.4 is 0 Å². The molecule has 0 aliphatic carbocycles. The Morgan fingerprint density at radius 3 is 2.64 bits per heavy atom. The lowest BCUT2D eigenvalue weighted by molar-refractivity contribution is -0.136. The molecular formula is C9H8ClNO3. The van der Waals surface area contributed by atoms with Crippen molar-refractivity contribution in [1.82, 2.24) is 4.98 Å². The third-order valence-electron chi connectivity index (χ3n) is 1.54. The number of carbonyl (C=O) groups is 2. The average molecular weight is 214 g/mol. The number of aliphatic carboxylic acids is 1. The van der Waals surface area contributed by atoms with E-state index in [1.54, 1.807) is 0 Å². The third-order valence-corrected chi connectivity index (χ3v) is 1.75. The zero-order valence-electron chi connectivity index (χ0n) is 7.45. The zero-order chi connectivity index (χ0) is 10.7. The minimum Gasteiger partial charge on any atom is -0.481 e. The number of carboxylic acid groups (broad SMARTS) is 1. The van der Waals surface area contributed by atoms with Gasteiger partial charge in [-0.2, -0.15) is 0 Å². The normalized spacial score (nSPS) is 9.86. The maximum Gasteiger partial charge on any atom is 0.309 e. The minimum absolute atomic E-state index is 0.189. The van der Waals surface area contributed by atoms with E-state index in [-0.39, 0.29) is 23.6 Å². The van der Waals surface area contributed by atoms with E-state index in [0.717, 1.165) is 0 Å². The first-order valence-corrected chi connectivity index (χ1v) is 4.26. The first-order chi connectivity index (χ1) is 6.49. The lowest BCUT2D eigenvalue weighted by Gasteiger charge is -2.00. The van der Waals surface area contributed by atoms with E-state index in [0.29, 0.717) is 5.02 Å². The zero-order valence-corrected chi connectivity index (χ0v) is 8.21. The van der Waals surface area contributed by atoms with Gasteiger partial charge in [-0.15, -0.1) is 0 Å². The van der Waals surface area contributed by atoms with Gasteiger partial charge in [0.25, 0.3) is 0 Å². The van der Waals surface area contributed by atoms with Crippen LogP contribution in [0.25, 0.3) is 0 Å². The van der Waals surface area contributed by atoms with Crippen molar-refractivity contribution in [2.24, 2.45) is 0 Å². The summed E-state index contributed by atoms with van der Waals surface area (Å²) in [7, 11) is 0. The lowest BCUT2D eigenvalue weighted by Crippen LogP contribution is -2.06. The Balaban J connectivity index is 3.07. The van der Waals surface area contributed by atoms with Crippen LogP contribution in [0.5, 0.6) is 0 Å². The van der Waals surface area contributed by atoms with Gasteiger partial charge in [0.1, 0.15) is 5.69 Å². The van der Waals surface area contributed by atoms with Crippen LogP contribution in [0.4, 0.5) is 0 Å². The fourth-order valence-electron chi connectivity index (χ4n) is 0.977. The van der Waals surface area contributed by atoms with Gasteiger partial charge in [0.15, 0.2) is 5.78 Å². The van der Waals surface area contributed by atoms with Crippen LogP contribution in [0.2, 0.25) is 5.02 Å². The molecule has 0 radical (unpaired) electrons. The smallest absolute Gasteiger partial charge is 0.309 e. The molecule has 0 atom stereocenters. The molecule has 1 rings (SSSR count). The molecule has 14 heavy (non-hydrogen) atoms. The van der Waals surface area contributed by atoms with Gasteiger partial charge in [-0.05, 0) is 12.1 Å². The van der Waals surface area contributed by atoms with Crippen molar-refractivity contribution in [1.29, 1.82) is 0 Å². The van der Waals surface area contributed by atoms with Crippen LogP contribution in [0.1, 0.15) is 23.1 Å². The second-order valence-electron chi connectivity index (χ2n) is 2.79. The Hall–Kier alpha value is -1.42. The molecule has 1 heterocycles. The highest BCUT2D eigenvalue weighted by molar-refractivity contribution is 6.31. The van der Waals surface area contributed by atoms with Crippen LogP contribution in [0, 0.1) is 0 Å². The van der Waals surface area contributed by atoms with Crippen molar-refractivity contribution in [2.75, 3.05) is 0 Å². The summed E-state index contributed by atoms with van der Waals surface area (Å²) in [6.45, 7) is 1.35. The van der Waals surface area contributed by atoms with E-state index in [1.807, 2.05) is 0 Å². The Labute approximate surface area is 85.5 Å². The van der Waals surface area contributed by atoms with E-state index < -0.39 is 5.97 Å². The molecule has 0 spiro atoms. The van der Waals surface area contributed by atoms with Crippen LogP contribution >= 0.6 is 11.6 Å². The molecule has 74 valence electrons. The van der Waals surface area contributed by atoms with Crippen molar-refractivity contribution in [2.45, 2.75) is 13.3 Å². The first-order valence-electron chi connectivity index (χ1n) is 3.88. The first kappa shape index (κ1) is 10.7. The standard InChI is InChI=1S/C9H8ClNO3/c1-5(12)8-3-6(10)2-7(11-8)4-9(13)14/h2-3H,4H2,1H3,(H,13,14). The van der Waals surface area contributed by atoms with E-state index in [1.165, 1.54) is 19.1 Å². The van der Waals surface area contributed by atoms with Gasteiger partial charge >= 0.3 is 5.97 Å². The number of nitrogens with zero attached hydrogens (tertiary/aromatic N) is 1. The van der Waals surface area contributed by atoms with E-state index in [9.17, 15) is 9.59 Å². The molecule has 4 nitrogen and oxygen atoms in total. The van der Waals surface area contributed by atoms with Crippen LogP contribution in [0.15, 0.2) is 12.1 Å². The summed E-state index contributed by atoms with van der Waals surface area (Å²) in [5, 5.41) is 8.84. The molecular weight excluding hydrogens is 206 g/mol. The largest absolute Gasteiger partial charge is 0.481 e. The van der Waals surface area contributed by atoms with Crippen molar-refractivity contribution >= 4 is 23.4 Å². The number of halogens is 1. The molecule has 0 aromatic carbocycles. The lowest BCUT2D eigenvalue weighted by atomic mass is 10.2. The minimum atomic E-state index is -1.01. The van der Waals surface area contributed by atoms with E-state index >= 15 is 0 Å². The predicted molar refractivity (Wildman–Crippen MR) is 50.6 cm³/mol. The Kier molecular flexibility index (Phi) is 3.19. The summed E-state index contributed by atoms with van der Waals surface area (Å²) in [6.07, 6.45) is -0.235. The molecule has 0 aliphatic rings. The highest BCUT2D eigenvalue weighted by atomic mass is 35.5. The van der Waals surface area contributed by atoms with E-state index in [2.05, 4.69) is 4.98 Å². The quantitative estimate of drug-likeness (QED) is 0.774.